The number of hydrazone groups is 1. The van der Waals surface area contributed by atoms with Crippen LogP contribution in [0.5, 0.6) is 11.5 Å². The van der Waals surface area contributed by atoms with E-state index in [1.54, 1.807) is 18.4 Å². The van der Waals surface area contributed by atoms with E-state index in [-0.39, 0.29) is 36.9 Å². The molecule has 0 saturated heterocycles. The van der Waals surface area contributed by atoms with Gasteiger partial charge in [0.1, 0.15) is 6.54 Å². The third-order valence-electron chi connectivity index (χ3n) is 4.95. The molecule has 3 amide bonds. The van der Waals surface area contributed by atoms with Crippen molar-refractivity contribution in [2.75, 3.05) is 20.4 Å². The van der Waals surface area contributed by atoms with Gasteiger partial charge < -0.3 is 19.7 Å². The molecule has 2 aliphatic rings. The molecule has 164 valence electrons. The lowest BCUT2D eigenvalue weighted by molar-refractivity contribution is -0.133. The molecule has 0 aliphatic carbocycles. The fourth-order valence-electron chi connectivity index (χ4n) is 3.48. The average molecular weight is 443 g/mol. The molecular formula is C22H26N4O4S. The molecule has 0 spiro atoms. The SMILES string of the molecule is CN(CC(=O)N1N=C(c2cccs2)C[C@@H]1c1ccc2c(c1)OCO2)C(=O)NC(C)(C)C. The van der Waals surface area contributed by atoms with Crippen LogP contribution in [-0.2, 0) is 4.79 Å². The molecule has 1 N–H and O–H groups in total. The Morgan fingerprint density at radius 1 is 1.26 bits per heavy atom. The second-order valence-electron chi connectivity index (χ2n) is 8.63. The van der Waals surface area contributed by atoms with Gasteiger partial charge in [0, 0.05) is 19.0 Å². The summed E-state index contributed by atoms with van der Waals surface area (Å²) in [5.74, 6) is 1.11. The van der Waals surface area contributed by atoms with Gasteiger partial charge in [-0.15, -0.1) is 11.3 Å². The van der Waals surface area contributed by atoms with E-state index in [4.69, 9.17) is 9.47 Å². The molecule has 3 heterocycles. The Labute approximate surface area is 185 Å². The molecule has 9 heteroatoms. The molecule has 0 fully saturated rings. The number of nitrogens with zero attached hydrogens (tertiary/aromatic N) is 3. The molecule has 4 rings (SSSR count). The van der Waals surface area contributed by atoms with E-state index in [1.165, 1.54) is 9.91 Å². The molecule has 0 saturated carbocycles. The highest BCUT2D eigenvalue weighted by Crippen LogP contribution is 2.39. The van der Waals surface area contributed by atoms with Crippen molar-refractivity contribution in [3.05, 3.63) is 46.2 Å². The normalized spacial score (nSPS) is 17.5. The summed E-state index contributed by atoms with van der Waals surface area (Å²) < 4.78 is 10.9. The quantitative estimate of drug-likeness (QED) is 0.784. The highest BCUT2D eigenvalue weighted by molar-refractivity contribution is 7.12. The third-order valence-corrected chi connectivity index (χ3v) is 5.87. The molecule has 2 aromatic rings. The highest BCUT2D eigenvalue weighted by Gasteiger charge is 2.35. The van der Waals surface area contributed by atoms with Gasteiger partial charge in [-0.05, 0) is 49.9 Å². The molecule has 0 unspecified atom stereocenters. The van der Waals surface area contributed by atoms with E-state index < -0.39 is 0 Å². The zero-order valence-electron chi connectivity index (χ0n) is 18.0. The first-order chi connectivity index (χ1) is 14.7. The monoisotopic (exact) mass is 442 g/mol. The summed E-state index contributed by atoms with van der Waals surface area (Å²) in [6, 6.07) is 9.06. The summed E-state index contributed by atoms with van der Waals surface area (Å²) in [7, 11) is 1.61. The predicted molar refractivity (Wildman–Crippen MR) is 119 cm³/mol. The van der Waals surface area contributed by atoms with Crippen LogP contribution in [0, 0.1) is 0 Å². The van der Waals surface area contributed by atoms with Crippen molar-refractivity contribution in [3.8, 4) is 11.5 Å². The first-order valence-corrected chi connectivity index (χ1v) is 11.0. The van der Waals surface area contributed by atoms with Crippen molar-refractivity contribution in [2.24, 2.45) is 5.10 Å². The van der Waals surface area contributed by atoms with Crippen LogP contribution in [0.4, 0.5) is 4.79 Å². The summed E-state index contributed by atoms with van der Waals surface area (Å²) in [5.41, 5.74) is 1.38. The number of carbonyl (C=O) groups excluding carboxylic acids is 2. The molecule has 8 nitrogen and oxygen atoms in total. The minimum absolute atomic E-state index is 0.0792. The summed E-state index contributed by atoms with van der Waals surface area (Å²) in [4.78, 5) is 28.0. The van der Waals surface area contributed by atoms with Crippen LogP contribution in [0.25, 0.3) is 0 Å². The fraction of sp³-hybridized carbons (Fsp3) is 0.409. The van der Waals surface area contributed by atoms with Crippen LogP contribution in [0.1, 0.15) is 43.7 Å². The van der Waals surface area contributed by atoms with Crippen LogP contribution in [-0.4, -0.2) is 53.5 Å². The van der Waals surface area contributed by atoms with Gasteiger partial charge in [-0.2, -0.15) is 5.10 Å². The van der Waals surface area contributed by atoms with Gasteiger partial charge in [0.25, 0.3) is 5.91 Å². The number of amides is 3. The minimum atomic E-state index is -0.387. The van der Waals surface area contributed by atoms with Crippen molar-refractivity contribution in [2.45, 2.75) is 38.8 Å². The maximum absolute atomic E-state index is 13.2. The fourth-order valence-corrected chi connectivity index (χ4v) is 4.20. The van der Waals surface area contributed by atoms with Crippen molar-refractivity contribution in [1.82, 2.24) is 15.2 Å². The van der Waals surface area contributed by atoms with E-state index in [0.29, 0.717) is 17.9 Å². The van der Waals surface area contributed by atoms with Crippen LogP contribution in [0.2, 0.25) is 0 Å². The number of nitrogens with one attached hydrogen (secondary N) is 1. The molecule has 1 aromatic heterocycles. The molecule has 0 bridgehead atoms. The van der Waals surface area contributed by atoms with E-state index in [1.807, 2.05) is 56.5 Å². The Balaban J connectivity index is 1.56. The number of hydrogen-bond donors (Lipinski definition) is 1. The molecule has 1 atom stereocenters. The van der Waals surface area contributed by atoms with Crippen molar-refractivity contribution in [1.29, 1.82) is 0 Å². The van der Waals surface area contributed by atoms with Crippen molar-refractivity contribution in [3.63, 3.8) is 0 Å². The second kappa shape index (κ2) is 8.22. The van der Waals surface area contributed by atoms with Crippen LogP contribution in [0.3, 0.4) is 0 Å². The van der Waals surface area contributed by atoms with Gasteiger partial charge in [-0.3, -0.25) is 4.79 Å². The first-order valence-electron chi connectivity index (χ1n) is 10.1. The summed E-state index contributed by atoms with van der Waals surface area (Å²) in [5, 5.41) is 11.0. The first kappa shape index (κ1) is 21.2. The predicted octanol–water partition coefficient (Wildman–Crippen LogP) is 3.59. The second-order valence-corrected chi connectivity index (χ2v) is 9.58. The molecule has 1 aromatic carbocycles. The third kappa shape index (κ3) is 4.66. The number of fused-ring (bicyclic) bond motifs is 1. The molecular weight excluding hydrogens is 416 g/mol. The standard InChI is InChI=1S/C22H26N4O4S/c1-22(2,3)23-21(28)25(4)12-20(27)26-16(11-15(24-26)19-6-5-9-31-19)14-7-8-17-18(10-14)30-13-29-17/h5-10,16H,11-13H2,1-4H3,(H,23,28)/t16-/m1/s1. The maximum atomic E-state index is 13.2. The number of hydrogen-bond acceptors (Lipinski definition) is 6. The maximum Gasteiger partial charge on any atom is 0.318 e. The Hall–Kier alpha value is -3.07. The number of rotatable bonds is 4. The summed E-state index contributed by atoms with van der Waals surface area (Å²) >= 11 is 1.59. The topological polar surface area (TPSA) is 83.5 Å². The average Bonchev–Trinajstić information content (AvgIpc) is 3.45. The van der Waals surface area contributed by atoms with Gasteiger partial charge in [-0.25, -0.2) is 9.80 Å². The highest BCUT2D eigenvalue weighted by atomic mass is 32.1. The number of carbonyl (C=O) groups is 2. The lowest BCUT2D eigenvalue weighted by atomic mass is 10.0. The van der Waals surface area contributed by atoms with Gasteiger partial charge >= 0.3 is 6.03 Å². The van der Waals surface area contributed by atoms with Gasteiger partial charge in [0.05, 0.1) is 16.6 Å². The number of thiophene rings is 1. The van der Waals surface area contributed by atoms with Crippen molar-refractivity contribution >= 4 is 29.0 Å². The Morgan fingerprint density at radius 2 is 2.03 bits per heavy atom. The minimum Gasteiger partial charge on any atom is -0.454 e. The lowest BCUT2D eigenvalue weighted by Crippen LogP contribution is -2.49. The Bertz CT molecular complexity index is 1010. The van der Waals surface area contributed by atoms with Crippen LogP contribution >= 0.6 is 11.3 Å². The Kier molecular flexibility index (Phi) is 5.62. The van der Waals surface area contributed by atoms with Gasteiger partial charge in [0.2, 0.25) is 6.79 Å². The lowest BCUT2D eigenvalue weighted by Gasteiger charge is -2.28. The van der Waals surface area contributed by atoms with Gasteiger partial charge in [-0.1, -0.05) is 12.1 Å². The van der Waals surface area contributed by atoms with E-state index in [2.05, 4.69) is 10.4 Å². The van der Waals surface area contributed by atoms with Crippen molar-refractivity contribution < 1.29 is 19.1 Å². The smallest absolute Gasteiger partial charge is 0.318 e. The van der Waals surface area contributed by atoms with Gasteiger partial charge in [0.15, 0.2) is 11.5 Å². The largest absolute Gasteiger partial charge is 0.454 e. The molecule has 2 aliphatic heterocycles. The summed E-state index contributed by atoms with van der Waals surface area (Å²) in [6.07, 6.45) is 0.587. The Morgan fingerprint density at radius 3 is 2.74 bits per heavy atom. The zero-order chi connectivity index (χ0) is 22.2. The molecule has 0 radical (unpaired) electrons. The number of ether oxygens (including phenoxy) is 2. The van der Waals surface area contributed by atoms with E-state index in [0.717, 1.165) is 16.2 Å². The number of likely N-dealkylation sites (N-methyl/N-ethyl adjacent to an activating group) is 1. The van der Waals surface area contributed by atoms with E-state index >= 15 is 0 Å². The van der Waals surface area contributed by atoms with Crippen LogP contribution < -0.4 is 14.8 Å². The van der Waals surface area contributed by atoms with Crippen LogP contribution in [0.15, 0.2) is 40.8 Å². The number of benzene rings is 1. The number of urea groups is 1. The van der Waals surface area contributed by atoms with E-state index in [9.17, 15) is 9.59 Å². The molecule has 31 heavy (non-hydrogen) atoms. The summed E-state index contributed by atoms with van der Waals surface area (Å²) in [6.45, 7) is 5.80. The zero-order valence-corrected chi connectivity index (χ0v) is 18.9.